The zero-order valence-corrected chi connectivity index (χ0v) is 8.21. The zero-order chi connectivity index (χ0) is 11.7. The summed E-state index contributed by atoms with van der Waals surface area (Å²) >= 11 is 0. The molecule has 16 heavy (non-hydrogen) atoms. The van der Waals surface area contributed by atoms with Gasteiger partial charge in [0.1, 0.15) is 12.4 Å². The second-order valence-electron chi connectivity index (χ2n) is 3.30. The zero-order valence-electron chi connectivity index (χ0n) is 8.21. The smallest absolute Gasteiger partial charge is 0.331 e. The van der Waals surface area contributed by atoms with Crippen LogP contribution in [0.3, 0.4) is 0 Å². The second-order valence-corrected chi connectivity index (χ2v) is 3.30. The molecule has 0 bridgehead atoms. The molecule has 7 nitrogen and oxygen atoms in total. The highest BCUT2D eigenvalue weighted by Gasteiger charge is 2.28. The van der Waals surface area contributed by atoms with Gasteiger partial charge < -0.3 is 19.9 Å². The number of nitrogens with zero attached hydrogens (tertiary/aromatic N) is 1. The van der Waals surface area contributed by atoms with Crippen LogP contribution in [0.5, 0.6) is 0 Å². The molecule has 1 aromatic rings. The van der Waals surface area contributed by atoms with E-state index in [1.54, 1.807) is 0 Å². The lowest BCUT2D eigenvalue weighted by Gasteiger charge is -2.12. The van der Waals surface area contributed by atoms with Crippen LogP contribution in [0.1, 0.15) is 12.6 Å². The summed E-state index contributed by atoms with van der Waals surface area (Å²) in [6.07, 6.45) is 0.318. The number of rotatable bonds is 2. The van der Waals surface area contributed by atoms with E-state index >= 15 is 0 Å². The first-order valence-electron chi connectivity index (χ1n) is 4.62. The molecule has 0 spiro atoms. The van der Waals surface area contributed by atoms with Gasteiger partial charge in [0.05, 0.1) is 6.42 Å². The van der Waals surface area contributed by atoms with E-state index in [4.69, 9.17) is 9.84 Å². The molecule has 3 N–H and O–H groups in total. The Balaban J connectivity index is 2.37. The fourth-order valence-corrected chi connectivity index (χ4v) is 1.53. The SMILES string of the molecule is O=c1cc[nH]c(=O)n1C1CC(O)=C(CO)O1. The Morgan fingerprint density at radius 3 is 2.88 bits per heavy atom. The molecule has 1 unspecified atom stereocenters. The van der Waals surface area contributed by atoms with Gasteiger partial charge in [0, 0.05) is 12.3 Å². The maximum atomic E-state index is 11.4. The number of hydrogen-bond donors (Lipinski definition) is 3. The Labute approximate surface area is 89.2 Å². The first-order valence-corrected chi connectivity index (χ1v) is 4.62. The molecule has 0 amide bonds. The van der Waals surface area contributed by atoms with Crippen molar-refractivity contribution in [3.63, 3.8) is 0 Å². The van der Waals surface area contributed by atoms with Crippen LogP contribution in [-0.2, 0) is 4.74 Å². The number of hydrogen-bond acceptors (Lipinski definition) is 5. The Morgan fingerprint density at radius 2 is 2.31 bits per heavy atom. The summed E-state index contributed by atoms with van der Waals surface area (Å²) in [6.45, 7) is -0.470. The maximum Gasteiger partial charge on any atom is 0.331 e. The second kappa shape index (κ2) is 3.86. The molecule has 1 aromatic heterocycles. The minimum Gasteiger partial charge on any atom is -0.508 e. The van der Waals surface area contributed by atoms with E-state index in [1.165, 1.54) is 12.3 Å². The van der Waals surface area contributed by atoms with E-state index in [0.29, 0.717) is 0 Å². The number of aromatic nitrogens is 2. The van der Waals surface area contributed by atoms with Gasteiger partial charge in [-0.2, -0.15) is 0 Å². The lowest BCUT2D eigenvalue weighted by Crippen LogP contribution is -2.37. The monoisotopic (exact) mass is 226 g/mol. The highest BCUT2D eigenvalue weighted by molar-refractivity contribution is 5.07. The molecule has 2 rings (SSSR count). The summed E-state index contributed by atoms with van der Waals surface area (Å²) in [4.78, 5) is 25.2. The number of ether oxygens (including phenoxy) is 1. The quantitative estimate of drug-likeness (QED) is 0.613. The van der Waals surface area contributed by atoms with Crippen molar-refractivity contribution in [2.75, 3.05) is 6.61 Å². The lowest BCUT2D eigenvalue weighted by molar-refractivity contribution is 0.0568. The van der Waals surface area contributed by atoms with Crippen molar-refractivity contribution >= 4 is 0 Å². The Bertz CT molecular complexity index is 513. The van der Waals surface area contributed by atoms with E-state index in [0.717, 1.165) is 4.57 Å². The van der Waals surface area contributed by atoms with Gasteiger partial charge in [0.15, 0.2) is 12.0 Å². The summed E-state index contributed by atoms with van der Waals surface area (Å²) in [5.41, 5.74) is -1.15. The molecule has 0 radical (unpaired) electrons. The molecule has 1 atom stereocenters. The van der Waals surface area contributed by atoms with E-state index in [1.807, 2.05) is 0 Å². The molecular formula is C9H10N2O5. The van der Waals surface area contributed by atoms with Gasteiger partial charge in [-0.3, -0.25) is 4.79 Å². The van der Waals surface area contributed by atoms with Crippen molar-refractivity contribution in [2.45, 2.75) is 12.6 Å². The number of aliphatic hydroxyl groups is 2. The Hall–Kier alpha value is -2.02. The van der Waals surface area contributed by atoms with E-state index in [9.17, 15) is 14.7 Å². The summed E-state index contributed by atoms with van der Waals surface area (Å²) in [6, 6.07) is 1.18. The van der Waals surface area contributed by atoms with Gasteiger partial charge >= 0.3 is 5.69 Å². The predicted molar refractivity (Wildman–Crippen MR) is 52.8 cm³/mol. The van der Waals surface area contributed by atoms with E-state index in [2.05, 4.69) is 4.98 Å². The largest absolute Gasteiger partial charge is 0.508 e. The molecule has 86 valence electrons. The number of H-pyrrole nitrogens is 1. The summed E-state index contributed by atoms with van der Waals surface area (Å²) in [5, 5.41) is 18.2. The maximum absolute atomic E-state index is 11.4. The first kappa shape index (κ1) is 10.5. The van der Waals surface area contributed by atoms with Crippen molar-refractivity contribution in [1.82, 2.24) is 9.55 Å². The molecule has 1 aliphatic rings. The van der Waals surface area contributed by atoms with Gasteiger partial charge in [0.25, 0.3) is 5.56 Å². The Morgan fingerprint density at radius 1 is 1.56 bits per heavy atom. The summed E-state index contributed by atoms with van der Waals surface area (Å²) < 4.78 is 5.94. The van der Waals surface area contributed by atoms with Crippen LogP contribution in [0, 0.1) is 0 Å². The summed E-state index contributed by atoms with van der Waals surface area (Å²) in [5.74, 6) is -0.164. The summed E-state index contributed by atoms with van der Waals surface area (Å²) in [7, 11) is 0. The Kier molecular flexibility index (Phi) is 2.53. The normalized spacial score (nSPS) is 19.9. The third-order valence-electron chi connectivity index (χ3n) is 2.29. The molecule has 0 fully saturated rings. The van der Waals surface area contributed by atoms with E-state index in [-0.39, 0.29) is 17.9 Å². The van der Waals surface area contributed by atoms with Crippen molar-refractivity contribution < 1.29 is 14.9 Å². The van der Waals surface area contributed by atoms with Crippen LogP contribution in [0.25, 0.3) is 0 Å². The first-order chi connectivity index (χ1) is 7.63. The third kappa shape index (κ3) is 1.61. The average molecular weight is 226 g/mol. The van der Waals surface area contributed by atoms with Crippen LogP contribution in [0.2, 0.25) is 0 Å². The van der Waals surface area contributed by atoms with Crippen LogP contribution in [-0.4, -0.2) is 26.4 Å². The molecule has 7 heteroatoms. The molecule has 0 aliphatic carbocycles. The average Bonchev–Trinajstić information content (AvgIpc) is 2.59. The van der Waals surface area contributed by atoms with Crippen molar-refractivity contribution in [3.8, 4) is 0 Å². The molecule has 0 saturated carbocycles. The lowest BCUT2D eigenvalue weighted by atomic mass is 10.3. The van der Waals surface area contributed by atoms with Crippen LogP contribution in [0.4, 0.5) is 0 Å². The van der Waals surface area contributed by atoms with Crippen molar-refractivity contribution in [1.29, 1.82) is 0 Å². The minimum atomic E-state index is -0.903. The van der Waals surface area contributed by atoms with Gasteiger partial charge in [0.2, 0.25) is 0 Å². The third-order valence-corrected chi connectivity index (χ3v) is 2.29. The van der Waals surface area contributed by atoms with Gasteiger partial charge in [-0.25, -0.2) is 9.36 Å². The van der Waals surface area contributed by atoms with Gasteiger partial charge in [-0.15, -0.1) is 0 Å². The number of aromatic amines is 1. The fraction of sp³-hybridized carbons (Fsp3) is 0.333. The molecule has 1 aliphatic heterocycles. The standard InChI is InChI=1S/C9H10N2O5/c12-4-6-5(13)3-8(16-6)11-7(14)1-2-10-9(11)15/h1-2,8,12-13H,3-4H2,(H,10,15). The van der Waals surface area contributed by atoms with Crippen LogP contribution in [0.15, 0.2) is 33.4 Å². The molecule has 2 heterocycles. The molecule has 0 saturated heterocycles. The van der Waals surface area contributed by atoms with Crippen LogP contribution >= 0.6 is 0 Å². The highest BCUT2D eigenvalue weighted by atomic mass is 16.5. The minimum absolute atomic E-state index is 0.0110. The van der Waals surface area contributed by atoms with Gasteiger partial charge in [-0.05, 0) is 0 Å². The molecule has 0 aromatic carbocycles. The predicted octanol–water partition coefficient (Wildman–Crippen LogP) is -0.783. The number of aliphatic hydroxyl groups excluding tert-OH is 2. The van der Waals surface area contributed by atoms with Crippen molar-refractivity contribution in [2.24, 2.45) is 0 Å². The van der Waals surface area contributed by atoms with Crippen LogP contribution < -0.4 is 11.2 Å². The molecular weight excluding hydrogens is 216 g/mol. The number of nitrogens with one attached hydrogen (secondary N) is 1. The fourth-order valence-electron chi connectivity index (χ4n) is 1.53. The van der Waals surface area contributed by atoms with Gasteiger partial charge in [-0.1, -0.05) is 0 Å². The van der Waals surface area contributed by atoms with Crippen molar-refractivity contribution in [3.05, 3.63) is 44.6 Å². The van der Waals surface area contributed by atoms with E-state index < -0.39 is 24.1 Å². The highest BCUT2D eigenvalue weighted by Crippen LogP contribution is 2.28. The topological polar surface area (TPSA) is 105 Å².